The Hall–Kier alpha value is -0.160. The van der Waals surface area contributed by atoms with Crippen molar-refractivity contribution in [2.24, 2.45) is 5.41 Å². The zero-order valence-electron chi connectivity index (χ0n) is 18.1. The van der Waals surface area contributed by atoms with Crippen LogP contribution in [-0.2, 0) is 18.9 Å². The van der Waals surface area contributed by atoms with Gasteiger partial charge in [-0.25, -0.2) is 0 Å². The summed E-state index contributed by atoms with van der Waals surface area (Å²) in [6.45, 7) is 5.31. The van der Waals surface area contributed by atoms with Crippen LogP contribution >= 0.6 is 0 Å². The summed E-state index contributed by atoms with van der Waals surface area (Å²) in [7, 11) is 5.09. The van der Waals surface area contributed by atoms with Crippen molar-refractivity contribution in [3.8, 4) is 0 Å². The first kappa shape index (κ1) is 23.9. The number of rotatable bonds is 18. The molecular weight excluding hydrogens is 328 g/mol. The van der Waals surface area contributed by atoms with Crippen LogP contribution in [0.2, 0.25) is 0 Å². The van der Waals surface area contributed by atoms with E-state index in [1.807, 2.05) is 0 Å². The van der Waals surface area contributed by atoms with Gasteiger partial charge in [-0.15, -0.1) is 0 Å². The van der Waals surface area contributed by atoms with E-state index in [4.69, 9.17) is 18.9 Å². The van der Waals surface area contributed by atoms with Crippen molar-refractivity contribution in [3.63, 3.8) is 0 Å². The Morgan fingerprint density at radius 3 is 1.42 bits per heavy atom. The highest BCUT2D eigenvalue weighted by atomic mass is 16.9. The largest absolute Gasteiger partial charge is 0.372 e. The molecule has 0 aromatic heterocycles. The Balaban J connectivity index is 2.76. The SMILES string of the molecule is CCCCCCCCC(CCCCCCC)(C1CO1)C(OC)(OC)OC. The minimum absolute atomic E-state index is 0.184. The maximum Gasteiger partial charge on any atom is 0.290 e. The summed E-state index contributed by atoms with van der Waals surface area (Å²) in [6.07, 6.45) is 16.3. The number of hydrogen-bond acceptors (Lipinski definition) is 4. The molecule has 0 radical (unpaired) electrons. The lowest BCUT2D eigenvalue weighted by molar-refractivity contribution is -0.412. The van der Waals surface area contributed by atoms with Crippen LogP contribution in [0.25, 0.3) is 0 Å². The van der Waals surface area contributed by atoms with E-state index in [-0.39, 0.29) is 11.5 Å². The molecule has 26 heavy (non-hydrogen) atoms. The van der Waals surface area contributed by atoms with Gasteiger partial charge in [-0.2, -0.15) is 0 Å². The van der Waals surface area contributed by atoms with Crippen molar-refractivity contribution in [2.45, 2.75) is 109 Å². The third kappa shape index (κ3) is 6.47. The number of epoxide rings is 1. The van der Waals surface area contributed by atoms with Gasteiger partial charge in [-0.05, 0) is 12.8 Å². The third-order valence-corrected chi connectivity index (χ3v) is 6.07. The van der Waals surface area contributed by atoms with Crippen molar-refractivity contribution in [1.82, 2.24) is 0 Å². The third-order valence-electron chi connectivity index (χ3n) is 6.07. The fraction of sp³-hybridized carbons (Fsp3) is 1.00. The molecule has 0 N–H and O–H groups in total. The monoisotopic (exact) mass is 372 g/mol. The van der Waals surface area contributed by atoms with E-state index in [2.05, 4.69) is 13.8 Å². The predicted octanol–water partition coefficient (Wildman–Crippen LogP) is 6.08. The Bertz CT molecular complexity index is 331. The number of unbranched alkanes of at least 4 members (excludes halogenated alkanes) is 9. The first-order valence-corrected chi connectivity index (χ1v) is 10.9. The second kappa shape index (κ2) is 13.1. The number of ether oxygens (including phenoxy) is 4. The molecule has 4 heteroatoms. The summed E-state index contributed by atoms with van der Waals surface area (Å²) < 4.78 is 23.4. The molecule has 1 fully saturated rings. The zero-order chi connectivity index (χ0) is 19.3. The second-order valence-corrected chi connectivity index (χ2v) is 7.83. The van der Waals surface area contributed by atoms with Crippen LogP contribution in [0.4, 0.5) is 0 Å². The van der Waals surface area contributed by atoms with Crippen molar-refractivity contribution >= 4 is 0 Å². The van der Waals surface area contributed by atoms with Crippen LogP contribution in [0.15, 0.2) is 0 Å². The van der Waals surface area contributed by atoms with Gasteiger partial charge in [0.25, 0.3) is 5.97 Å². The lowest BCUT2D eigenvalue weighted by Gasteiger charge is -2.46. The number of hydrogen-bond donors (Lipinski definition) is 0. The maximum atomic E-state index is 5.85. The molecule has 0 bridgehead atoms. The van der Waals surface area contributed by atoms with E-state index in [0.717, 1.165) is 19.4 Å². The zero-order valence-corrected chi connectivity index (χ0v) is 18.1. The summed E-state index contributed by atoms with van der Waals surface area (Å²) in [6, 6.07) is 0. The van der Waals surface area contributed by atoms with Gasteiger partial charge in [0, 0.05) is 21.3 Å². The second-order valence-electron chi connectivity index (χ2n) is 7.83. The molecule has 0 amide bonds. The van der Waals surface area contributed by atoms with E-state index in [0.29, 0.717) is 0 Å². The quantitative estimate of drug-likeness (QED) is 0.166. The molecule has 1 saturated heterocycles. The van der Waals surface area contributed by atoms with E-state index in [1.54, 1.807) is 21.3 Å². The van der Waals surface area contributed by atoms with Gasteiger partial charge in [0.1, 0.15) is 0 Å². The van der Waals surface area contributed by atoms with Gasteiger partial charge in [0.05, 0.1) is 18.1 Å². The molecule has 1 rings (SSSR count). The van der Waals surface area contributed by atoms with Crippen LogP contribution in [0, 0.1) is 5.41 Å². The van der Waals surface area contributed by atoms with Gasteiger partial charge < -0.3 is 18.9 Å². The van der Waals surface area contributed by atoms with Gasteiger partial charge in [0.15, 0.2) is 0 Å². The van der Waals surface area contributed by atoms with Gasteiger partial charge >= 0.3 is 0 Å². The Kier molecular flexibility index (Phi) is 12.0. The van der Waals surface area contributed by atoms with E-state index < -0.39 is 5.97 Å². The molecule has 0 saturated carbocycles. The fourth-order valence-electron chi connectivity index (χ4n) is 4.44. The molecule has 0 spiro atoms. The standard InChI is InChI=1S/C22H44O4/c1-6-8-10-12-14-16-18-21(20-19-26-20,17-15-13-11-9-7-2)22(23-3,24-4)25-5/h20H,6-19H2,1-5H3. The molecule has 1 aliphatic heterocycles. The number of methoxy groups -OCH3 is 3. The van der Waals surface area contributed by atoms with Gasteiger partial charge in [-0.1, -0.05) is 84.5 Å². The molecule has 0 aromatic rings. The fourth-order valence-corrected chi connectivity index (χ4v) is 4.44. The van der Waals surface area contributed by atoms with Crippen LogP contribution in [0.3, 0.4) is 0 Å². The van der Waals surface area contributed by atoms with Crippen molar-refractivity contribution < 1.29 is 18.9 Å². The Morgan fingerprint density at radius 1 is 0.692 bits per heavy atom. The molecule has 1 aliphatic rings. The van der Waals surface area contributed by atoms with Gasteiger partial charge in [-0.3, -0.25) is 0 Å². The molecule has 2 atom stereocenters. The first-order chi connectivity index (χ1) is 12.7. The highest BCUT2D eigenvalue weighted by Crippen LogP contribution is 2.52. The molecule has 0 aromatic carbocycles. The van der Waals surface area contributed by atoms with Crippen molar-refractivity contribution in [1.29, 1.82) is 0 Å². The summed E-state index contributed by atoms with van der Waals surface area (Å²) in [5.74, 6) is -1.01. The van der Waals surface area contributed by atoms with E-state index in [1.165, 1.54) is 70.6 Å². The van der Waals surface area contributed by atoms with Crippen LogP contribution < -0.4 is 0 Å². The highest BCUT2D eigenvalue weighted by Gasteiger charge is 2.61. The van der Waals surface area contributed by atoms with Crippen molar-refractivity contribution in [2.75, 3.05) is 27.9 Å². The van der Waals surface area contributed by atoms with Crippen LogP contribution in [0.5, 0.6) is 0 Å². The summed E-state index contributed by atoms with van der Waals surface area (Å²) >= 11 is 0. The van der Waals surface area contributed by atoms with E-state index >= 15 is 0 Å². The van der Waals surface area contributed by atoms with Crippen molar-refractivity contribution in [3.05, 3.63) is 0 Å². The first-order valence-electron chi connectivity index (χ1n) is 10.9. The van der Waals surface area contributed by atoms with Crippen LogP contribution in [-0.4, -0.2) is 40.0 Å². The molecular formula is C22H44O4. The summed E-state index contributed by atoms with van der Waals surface area (Å²) in [4.78, 5) is 0. The topological polar surface area (TPSA) is 40.2 Å². The summed E-state index contributed by atoms with van der Waals surface area (Å²) in [5, 5.41) is 0. The average Bonchev–Trinajstić information content (AvgIpc) is 3.51. The lowest BCUT2D eigenvalue weighted by Crippen LogP contribution is -2.56. The Labute approximate surface area is 162 Å². The lowest BCUT2D eigenvalue weighted by atomic mass is 9.72. The Morgan fingerprint density at radius 2 is 1.08 bits per heavy atom. The molecule has 4 nitrogen and oxygen atoms in total. The van der Waals surface area contributed by atoms with Crippen LogP contribution in [0.1, 0.15) is 97.3 Å². The van der Waals surface area contributed by atoms with E-state index in [9.17, 15) is 0 Å². The molecule has 2 unspecified atom stereocenters. The molecule has 0 aliphatic carbocycles. The maximum absolute atomic E-state index is 5.85. The highest BCUT2D eigenvalue weighted by molar-refractivity contribution is 5.00. The summed E-state index contributed by atoms with van der Waals surface area (Å²) in [5.41, 5.74) is -0.220. The minimum Gasteiger partial charge on any atom is -0.372 e. The molecule has 156 valence electrons. The normalized spacial score (nSPS) is 19.5. The smallest absolute Gasteiger partial charge is 0.290 e. The van der Waals surface area contributed by atoms with Gasteiger partial charge in [0.2, 0.25) is 0 Å². The average molecular weight is 373 g/mol. The predicted molar refractivity (Wildman–Crippen MR) is 107 cm³/mol. The minimum atomic E-state index is -1.01. The molecule has 1 heterocycles.